The molecule has 0 aromatic carbocycles. The Kier molecular flexibility index (Phi) is 5.50. The Morgan fingerprint density at radius 1 is 0.955 bits per heavy atom. The second-order valence-electron chi connectivity index (χ2n) is 5.59. The van der Waals surface area contributed by atoms with Crippen LogP contribution in [0, 0.1) is 0 Å². The summed E-state index contributed by atoms with van der Waals surface area (Å²) in [5.74, 6) is 0.981. The van der Waals surface area contributed by atoms with Crippen molar-refractivity contribution in [1.82, 2.24) is 18.7 Å². The SMILES string of the molecule is CCCCCCCSc1nc2c(c(=O)n(C)c(=O)n2C)n1C. The highest BCUT2D eigenvalue weighted by atomic mass is 32.2. The molecule has 0 aliphatic heterocycles. The number of aromatic nitrogens is 4. The van der Waals surface area contributed by atoms with E-state index in [9.17, 15) is 9.59 Å². The Morgan fingerprint density at radius 2 is 1.64 bits per heavy atom. The number of nitrogens with zero attached hydrogens (tertiary/aromatic N) is 4. The van der Waals surface area contributed by atoms with Gasteiger partial charge in [0.1, 0.15) is 0 Å². The number of imidazole rings is 1. The van der Waals surface area contributed by atoms with E-state index < -0.39 is 0 Å². The molecule has 0 spiro atoms. The number of thioether (sulfide) groups is 1. The van der Waals surface area contributed by atoms with Crippen LogP contribution in [0.3, 0.4) is 0 Å². The highest BCUT2D eigenvalue weighted by Crippen LogP contribution is 2.21. The van der Waals surface area contributed by atoms with Gasteiger partial charge in [0, 0.05) is 26.9 Å². The highest BCUT2D eigenvalue weighted by molar-refractivity contribution is 7.99. The maximum atomic E-state index is 12.3. The first kappa shape index (κ1) is 16.9. The minimum absolute atomic E-state index is 0.289. The monoisotopic (exact) mass is 324 g/mol. The molecule has 0 radical (unpaired) electrons. The minimum atomic E-state index is -0.341. The van der Waals surface area contributed by atoms with Gasteiger partial charge >= 0.3 is 5.69 Å². The lowest BCUT2D eigenvalue weighted by Gasteiger charge is -2.03. The van der Waals surface area contributed by atoms with E-state index in [1.165, 1.54) is 37.3 Å². The van der Waals surface area contributed by atoms with Crippen molar-refractivity contribution in [3.8, 4) is 0 Å². The van der Waals surface area contributed by atoms with Gasteiger partial charge in [-0.15, -0.1) is 0 Å². The van der Waals surface area contributed by atoms with Crippen LogP contribution in [0.4, 0.5) is 0 Å². The van der Waals surface area contributed by atoms with Gasteiger partial charge in [0.15, 0.2) is 16.3 Å². The smallest absolute Gasteiger partial charge is 0.316 e. The van der Waals surface area contributed by atoms with Crippen LogP contribution in [0.2, 0.25) is 0 Å². The fourth-order valence-electron chi connectivity index (χ4n) is 2.50. The Balaban J connectivity index is 2.21. The number of hydrogen-bond acceptors (Lipinski definition) is 4. The second-order valence-corrected chi connectivity index (χ2v) is 6.66. The molecule has 0 aliphatic carbocycles. The summed E-state index contributed by atoms with van der Waals surface area (Å²) in [6.45, 7) is 2.21. The van der Waals surface area contributed by atoms with E-state index in [0.29, 0.717) is 11.2 Å². The van der Waals surface area contributed by atoms with Crippen LogP contribution in [0.15, 0.2) is 14.7 Å². The number of hydrogen-bond donors (Lipinski definition) is 0. The molecule has 2 aromatic rings. The Labute approximate surface area is 134 Å². The minimum Gasteiger partial charge on any atom is -0.316 e. The summed E-state index contributed by atoms with van der Waals surface area (Å²) in [5, 5.41) is 0.795. The van der Waals surface area contributed by atoms with Crippen molar-refractivity contribution >= 4 is 22.9 Å². The Bertz CT molecular complexity index is 772. The van der Waals surface area contributed by atoms with Crippen LogP contribution in [-0.2, 0) is 21.1 Å². The van der Waals surface area contributed by atoms with E-state index in [-0.39, 0.29) is 11.2 Å². The Hall–Kier alpha value is -1.50. The molecule has 0 unspecified atom stereocenters. The van der Waals surface area contributed by atoms with Gasteiger partial charge in [0.05, 0.1) is 0 Å². The van der Waals surface area contributed by atoms with Crippen molar-refractivity contribution in [3.63, 3.8) is 0 Å². The molecule has 2 heterocycles. The van der Waals surface area contributed by atoms with Crippen molar-refractivity contribution < 1.29 is 0 Å². The van der Waals surface area contributed by atoms with Crippen molar-refractivity contribution in [2.75, 3.05) is 5.75 Å². The standard InChI is InChI=1S/C15H24N4O2S/c1-5-6-7-8-9-10-22-14-16-12-11(17(14)2)13(20)19(4)15(21)18(12)3/h5-10H2,1-4H3. The average Bonchev–Trinajstić information content (AvgIpc) is 2.84. The molecule has 2 rings (SSSR count). The predicted molar refractivity (Wildman–Crippen MR) is 90.7 cm³/mol. The normalized spacial score (nSPS) is 11.5. The average molecular weight is 324 g/mol. The first-order valence-electron chi connectivity index (χ1n) is 7.74. The number of rotatable bonds is 7. The third kappa shape index (κ3) is 3.14. The van der Waals surface area contributed by atoms with E-state index in [2.05, 4.69) is 11.9 Å². The van der Waals surface area contributed by atoms with Gasteiger partial charge in [-0.05, 0) is 6.42 Å². The topological polar surface area (TPSA) is 61.8 Å². The molecule has 0 saturated heterocycles. The van der Waals surface area contributed by atoms with E-state index in [0.717, 1.165) is 21.9 Å². The van der Waals surface area contributed by atoms with E-state index in [1.807, 2.05) is 7.05 Å². The molecule has 0 N–H and O–H groups in total. The number of aryl methyl sites for hydroxylation is 2. The summed E-state index contributed by atoms with van der Waals surface area (Å²) < 4.78 is 4.36. The summed E-state index contributed by atoms with van der Waals surface area (Å²) in [6, 6.07) is 0. The zero-order valence-electron chi connectivity index (χ0n) is 13.8. The fourth-order valence-corrected chi connectivity index (χ4v) is 3.46. The lowest BCUT2D eigenvalue weighted by atomic mass is 10.2. The molecule has 2 aromatic heterocycles. The zero-order valence-corrected chi connectivity index (χ0v) is 14.6. The highest BCUT2D eigenvalue weighted by Gasteiger charge is 2.16. The van der Waals surface area contributed by atoms with Crippen molar-refractivity contribution in [1.29, 1.82) is 0 Å². The van der Waals surface area contributed by atoms with Gasteiger partial charge in [0.25, 0.3) is 5.56 Å². The van der Waals surface area contributed by atoms with Gasteiger partial charge in [-0.25, -0.2) is 9.78 Å². The summed E-state index contributed by atoms with van der Waals surface area (Å²) in [6.07, 6.45) is 6.18. The van der Waals surface area contributed by atoms with Crippen molar-refractivity contribution in [2.45, 2.75) is 44.2 Å². The van der Waals surface area contributed by atoms with Crippen LogP contribution in [0.25, 0.3) is 11.2 Å². The maximum Gasteiger partial charge on any atom is 0.332 e. The molecule has 22 heavy (non-hydrogen) atoms. The molecule has 0 amide bonds. The molecule has 6 nitrogen and oxygen atoms in total. The summed E-state index contributed by atoms with van der Waals surface area (Å²) in [7, 11) is 4.98. The third-order valence-electron chi connectivity index (χ3n) is 3.91. The van der Waals surface area contributed by atoms with Crippen molar-refractivity contribution in [2.24, 2.45) is 21.1 Å². The van der Waals surface area contributed by atoms with Gasteiger partial charge in [-0.3, -0.25) is 13.9 Å². The second kappa shape index (κ2) is 7.17. The predicted octanol–water partition coefficient (Wildman–Crippen LogP) is 2.03. The molecule has 122 valence electrons. The summed E-state index contributed by atoms with van der Waals surface area (Å²) in [4.78, 5) is 28.7. The van der Waals surface area contributed by atoms with E-state index in [4.69, 9.17) is 0 Å². The number of fused-ring (bicyclic) bond motifs is 1. The largest absolute Gasteiger partial charge is 0.332 e. The van der Waals surface area contributed by atoms with Crippen LogP contribution >= 0.6 is 11.8 Å². The zero-order chi connectivity index (χ0) is 16.3. The molecule has 0 aliphatic rings. The van der Waals surface area contributed by atoms with Crippen LogP contribution < -0.4 is 11.2 Å². The first-order valence-corrected chi connectivity index (χ1v) is 8.72. The van der Waals surface area contributed by atoms with Gasteiger partial charge in [-0.2, -0.15) is 0 Å². The van der Waals surface area contributed by atoms with E-state index >= 15 is 0 Å². The molecule has 7 heteroatoms. The molecule has 0 atom stereocenters. The van der Waals surface area contributed by atoms with Gasteiger partial charge in [0.2, 0.25) is 0 Å². The quantitative estimate of drug-likeness (QED) is 0.577. The molecular weight excluding hydrogens is 300 g/mol. The van der Waals surface area contributed by atoms with E-state index in [1.54, 1.807) is 23.4 Å². The molecule has 0 saturated carbocycles. The maximum absolute atomic E-state index is 12.3. The number of unbranched alkanes of at least 4 members (excludes halogenated alkanes) is 4. The fraction of sp³-hybridized carbons (Fsp3) is 0.667. The van der Waals surface area contributed by atoms with Gasteiger partial charge in [-0.1, -0.05) is 44.4 Å². The molecule has 0 bridgehead atoms. The van der Waals surface area contributed by atoms with Crippen LogP contribution in [0.1, 0.15) is 39.0 Å². The Morgan fingerprint density at radius 3 is 2.32 bits per heavy atom. The van der Waals surface area contributed by atoms with Gasteiger partial charge < -0.3 is 4.57 Å². The van der Waals surface area contributed by atoms with Crippen LogP contribution in [-0.4, -0.2) is 24.4 Å². The lowest BCUT2D eigenvalue weighted by molar-refractivity contribution is 0.658. The van der Waals surface area contributed by atoms with Crippen LogP contribution in [0.5, 0.6) is 0 Å². The molecule has 0 fully saturated rings. The first-order chi connectivity index (χ1) is 10.5. The summed E-state index contributed by atoms with van der Waals surface area (Å²) in [5.41, 5.74) is 0.316. The third-order valence-corrected chi connectivity index (χ3v) is 5.03. The van der Waals surface area contributed by atoms with Crippen molar-refractivity contribution in [3.05, 3.63) is 20.8 Å². The lowest BCUT2D eigenvalue weighted by Crippen LogP contribution is -2.37. The summed E-state index contributed by atoms with van der Waals surface area (Å²) >= 11 is 1.65. The molecular formula is C15H24N4O2S.